The first-order valence-corrected chi connectivity index (χ1v) is 10.8. The summed E-state index contributed by atoms with van der Waals surface area (Å²) in [5.41, 5.74) is 0.829. The molecule has 6 heteroatoms. The molecule has 1 aromatic rings. The van der Waals surface area contributed by atoms with E-state index in [1.54, 1.807) is 11.8 Å². The summed E-state index contributed by atoms with van der Waals surface area (Å²) in [6.45, 7) is 5.82. The van der Waals surface area contributed by atoms with Crippen LogP contribution in [0.2, 0.25) is 0 Å². The average Bonchev–Trinajstić information content (AvgIpc) is 2.69. The van der Waals surface area contributed by atoms with Gasteiger partial charge in [0, 0.05) is 38.5 Å². The number of aliphatic hydroxyl groups is 1. The van der Waals surface area contributed by atoms with Crippen molar-refractivity contribution in [2.75, 3.05) is 43.9 Å². The first-order chi connectivity index (χ1) is 12.7. The van der Waals surface area contributed by atoms with Crippen LogP contribution in [0.1, 0.15) is 39.0 Å². The predicted octanol–water partition coefficient (Wildman–Crippen LogP) is 2.92. The summed E-state index contributed by atoms with van der Waals surface area (Å²) in [7, 11) is 0. The summed E-state index contributed by atoms with van der Waals surface area (Å²) in [6, 6.07) is 9.67. The number of benzene rings is 1. The molecule has 0 bridgehead atoms. The summed E-state index contributed by atoms with van der Waals surface area (Å²) in [6.07, 6.45) is 4.78. The maximum atomic E-state index is 13.4. The molecule has 5 nitrogen and oxygen atoms in total. The van der Waals surface area contributed by atoms with E-state index in [-0.39, 0.29) is 12.5 Å². The second-order valence-electron chi connectivity index (χ2n) is 6.72. The van der Waals surface area contributed by atoms with Gasteiger partial charge in [0.15, 0.2) is 0 Å². The first kappa shape index (κ1) is 21.2. The second kappa shape index (κ2) is 11.6. The molecule has 0 saturated carbocycles. The molecule has 146 valence electrons. The Morgan fingerprint density at radius 3 is 2.62 bits per heavy atom. The smallest absolute Gasteiger partial charge is 0.255 e. The highest BCUT2D eigenvalue weighted by atomic mass is 32.2. The minimum atomic E-state index is -0.617. The number of hydrogen-bond donors (Lipinski definition) is 3. The molecule has 1 amide bonds. The lowest BCUT2D eigenvalue weighted by Gasteiger charge is -2.44. The van der Waals surface area contributed by atoms with Crippen molar-refractivity contribution in [2.24, 2.45) is 0 Å². The number of nitrogens with zero attached hydrogens (tertiary/aromatic N) is 1. The Kier molecular flexibility index (Phi) is 9.46. The van der Waals surface area contributed by atoms with Crippen LogP contribution < -0.4 is 10.6 Å². The van der Waals surface area contributed by atoms with E-state index < -0.39 is 4.87 Å². The van der Waals surface area contributed by atoms with Gasteiger partial charge in [0.05, 0.1) is 0 Å². The average molecular weight is 380 g/mol. The standard InChI is InChI=1S/C20H33N3O2S/c1-2-3-7-17-26-20(11-8-16-24,23-14-12-21-13-15-23)19(25)22-18-9-5-4-6-10-18/h4-6,9-10,21,24H,2-3,7-8,11-17H2,1H3,(H,22,25). The van der Waals surface area contributed by atoms with Crippen LogP contribution >= 0.6 is 11.8 Å². The van der Waals surface area contributed by atoms with Crippen molar-refractivity contribution in [1.82, 2.24) is 10.2 Å². The zero-order chi connectivity index (χ0) is 18.7. The zero-order valence-corrected chi connectivity index (χ0v) is 16.7. The lowest BCUT2D eigenvalue weighted by molar-refractivity contribution is -0.123. The summed E-state index contributed by atoms with van der Waals surface area (Å²) in [5.74, 6) is 1.01. The van der Waals surface area contributed by atoms with Crippen molar-refractivity contribution in [3.05, 3.63) is 30.3 Å². The summed E-state index contributed by atoms with van der Waals surface area (Å²) in [5, 5.41) is 15.9. The number of unbranched alkanes of at least 4 members (excludes halogenated alkanes) is 2. The number of anilines is 1. The number of carbonyl (C=O) groups excluding carboxylic acids is 1. The van der Waals surface area contributed by atoms with Gasteiger partial charge in [-0.2, -0.15) is 0 Å². The van der Waals surface area contributed by atoms with Crippen LogP contribution in [0.5, 0.6) is 0 Å². The molecule has 1 unspecified atom stereocenters. The van der Waals surface area contributed by atoms with Crippen LogP contribution in [0.25, 0.3) is 0 Å². The number of carbonyl (C=O) groups is 1. The minimum Gasteiger partial charge on any atom is -0.396 e. The molecular weight excluding hydrogens is 346 g/mol. The molecule has 1 fully saturated rings. The Morgan fingerprint density at radius 1 is 1.23 bits per heavy atom. The van der Waals surface area contributed by atoms with E-state index in [1.807, 2.05) is 30.3 Å². The van der Waals surface area contributed by atoms with E-state index in [0.29, 0.717) is 12.8 Å². The quantitative estimate of drug-likeness (QED) is 0.516. The maximum Gasteiger partial charge on any atom is 0.255 e. The van der Waals surface area contributed by atoms with Gasteiger partial charge in [-0.1, -0.05) is 38.0 Å². The fraction of sp³-hybridized carbons (Fsp3) is 0.650. The predicted molar refractivity (Wildman–Crippen MR) is 111 cm³/mol. The fourth-order valence-corrected chi connectivity index (χ4v) is 4.85. The van der Waals surface area contributed by atoms with E-state index in [9.17, 15) is 9.90 Å². The molecule has 1 saturated heterocycles. The lowest BCUT2D eigenvalue weighted by atomic mass is 10.1. The number of thioether (sulfide) groups is 1. The van der Waals surface area contributed by atoms with Gasteiger partial charge in [-0.3, -0.25) is 9.69 Å². The van der Waals surface area contributed by atoms with Crippen molar-refractivity contribution < 1.29 is 9.90 Å². The molecular formula is C20H33N3O2S. The van der Waals surface area contributed by atoms with Gasteiger partial charge < -0.3 is 15.7 Å². The van der Waals surface area contributed by atoms with Crippen molar-refractivity contribution in [3.63, 3.8) is 0 Å². The molecule has 0 aromatic heterocycles. The van der Waals surface area contributed by atoms with Crippen molar-refractivity contribution in [2.45, 2.75) is 43.9 Å². The number of aliphatic hydroxyl groups excluding tert-OH is 1. The molecule has 26 heavy (non-hydrogen) atoms. The molecule has 0 radical (unpaired) electrons. The van der Waals surface area contributed by atoms with E-state index in [4.69, 9.17) is 0 Å². The van der Waals surface area contributed by atoms with Gasteiger partial charge >= 0.3 is 0 Å². The number of rotatable bonds is 11. The van der Waals surface area contributed by atoms with Crippen LogP contribution in [0.3, 0.4) is 0 Å². The molecule has 0 spiro atoms. The Morgan fingerprint density at radius 2 is 1.96 bits per heavy atom. The number of piperazine rings is 1. The largest absolute Gasteiger partial charge is 0.396 e. The number of para-hydroxylation sites is 1. The Hall–Kier alpha value is -1.08. The van der Waals surface area contributed by atoms with Crippen LogP contribution in [-0.2, 0) is 4.79 Å². The van der Waals surface area contributed by atoms with Crippen LogP contribution in [0, 0.1) is 0 Å². The van der Waals surface area contributed by atoms with Gasteiger partial charge in [0.25, 0.3) is 5.91 Å². The topological polar surface area (TPSA) is 64.6 Å². The first-order valence-electron chi connectivity index (χ1n) is 9.80. The molecule has 2 rings (SSSR count). The molecule has 1 aliphatic heterocycles. The normalized spacial score (nSPS) is 17.6. The van der Waals surface area contributed by atoms with Crippen molar-refractivity contribution >= 4 is 23.4 Å². The van der Waals surface area contributed by atoms with Crippen LogP contribution in [-0.4, -0.2) is 59.3 Å². The van der Waals surface area contributed by atoms with Crippen LogP contribution in [0.15, 0.2) is 30.3 Å². The number of nitrogens with one attached hydrogen (secondary N) is 2. The minimum absolute atomic E-state index is 0.0422. The van der Waals surface area contributed by atoms with Gasteiger partial charge in [0.1, 0.15) is 4.87 Å². The van der Waals surface area contributed by atoms with Crippen molar-refractivity contribution in [1.29, 1.82) is 0 Å². The Labute approximate surface area is 161 Å². The fourth-order valence-electron chi connectivity index (χ4n) is 3.33. The zero-order valence-electron chi connectivity index (χ0n) is 15.9. The Balaban J connectivity index is 2.20. The lowest BCUT2D eigenvalue weighted by Crippen LogP contribution is -2.60. The van der Waals surface area contributed by atoms with Gasteiger partial charge in [-0.05, 0) is 37.1 Å². The van der Waals surface area contributed by atoms with Gasteiger partial charge in [-0.25, -0.2) is 0 Å². The summed E-state index contributed by atoms with van der Waals surface area (Å²) in [4.78, 5) is 15.1. The molecule has 1 heterocycles. The molecule has 0 aliphatic carbocycles. The highest BCUT2D eigenvalue weighted by molar-refractivity contribution is 8.01. The maximum absolute atomic E-state index is 13.4. The highest BCUT2D eigenvalue weighted by Gasteiger charge is 2.44. The van der Waals surface area contributed by atoms with E-state index in [1.165, 1.54) is 12.8 Å². The van der Waals surface area contributed by atoms with E-state index >= 15 is 0 Å². The summed E-state index contributed by atoms with van der Waals surface area (Å²) < 4.78 is 0. The number of amides is 1. The SMILES string of the molecule is CCCCCSC(CCCO)(C(=O)Nc1ccccc1)N1CCNCC1. The van der Waals surface area contributed by atoms with Crippen LogP contribution in [0.4, 0.5) is 5.69 Å². The molecule has 1 aliphatic rings. The monoisotopic (exact) mass is 379 g/mol. The summed E-state index contributed by atoms with van der Waals surface area (Å²) >= 11 is 1.76. The molecule has 1 atom stereocenters. The molecule has 1 aromatic carbocycles. The number of hydrogen-bond acceptors (Lipinski definition) is 5. The highest BCUT2D eigenvalue weighted by Crippen LogP contribution is 2.37. The van der Waals surface area contributed by atoms with Crippen molar-refractivity contribution in [3.8, 4) is 0 Å². The third-order valence-electron chi connectivity index (χ3n) is 4.78. The Bertz CT molecular complexity index is 523. The van der Waals surface area contributed by atoms with Gasteiger partial charge in [0.2, 0.25) is 0 Å². The third-order valence-corrected chi connectivity index (χ3v) is 6.39. The third kappa shape index (κ3) is 5.98. The molecule has 3 N–H and O–H groups in total. The van der Waals surface area contributed by atoms with E-state index in [2.05, 4.69) is 22.5 Å². The van der Waals surface area contributed by atoms with E-state index in [0.717, 1.165) is 44.0 Å². The second-order valence-corrected chi connectivity index (χ2v) is 8.10. The van der Waals surface area contributed by atoms with Gasteiger partial charge in [-0.15, -0.1) is 11.8 Å².